The van der Waals surface area contributed by atoms with Crippen molar-refractivity contribution in [1.29, 1.82) is 0 Å². The van der Waals surface area contributed by atoms with E-state index in [-0.39, 0.29) is 30.0 Å². The standard InChI is InChI=1S/C23H23ClFN7O4/c1-36-18-4-3-13(24)9-15(18)19-17(28-22(34)16-10-27-31-7-2-6-26-21(16)31)12-32(29-19)20(25)23(35)30-8-5-14(33)11-30/h2-4,7,9-10,12,14,20,26,33H,5-6,8,11H2,1H3,(H,28,34)/t14-,20?/m1/s1. The quantitative estimate of drug-likeness (QED) is 0.460. The lowest BCUT2D eigenvalue weighted by Gasteiger charge is -2.18. The van der Waals surface area contributed by atoms with E-state index in [0.29, 0.717) is 35.1 Å². The Labute approximate surface area is 210 Å². The summed E-state index contributed by atoms with van der Waals surface area (Å²) in [4.78, 5) is 27.1. The number of fused-ring (bicyclic) bond motifs is 1. The molecule has 1 saturated heterocycles. The van der Waals surface area contributed by atoms with Crippen molar-refractivity contribution in [3.63, 3.8) is 0 Å². The van der Waals surface area contributed by atoms with Gasteiger partial charge in [-0.05, 0) is 30.7 Å². The molecule has 3 N–H and O–H groups in total. The molecule has 36 heavy (non-hydrogen) atoms. The van der Waals surface area contributed by atoms with Crippen LogP contribution in [-0.2, 0) is 4.79 Å². The third kappa shape index (κ3) is 4.40. The number of hydrogen-bond acceptors (Lipinski definition) is 7. The number of β-amino-alcohol motifs (C(OH)–C–C–N with tert-alkyl or cyclic N) is 1. The number of hydrogen-bond donors (Lipinski definition) is 3. The van der Waals surface area contributed by atoms with Gasteiger partial charge in [-0.2, -0.15) is 10.2 Å². The molecule has 2 aromatic heterocycles. The van der Waals surface area contributed by atoms with Gasteiger partial charge >= 0.3 is 0 Å². The number of ether oxygens (including phenoxy) is 1. The van der Waals surface area contributed by atoms with Gasteiger partial charge in [0, 0.05) is 36.4 Å². The Balaban J connectivity index is 1.52. The molecule has 5 rings (SSSR count). The van der Waals surface area contributed by atoms with Crippen LogP contribution in [0.2, 0.25) is 5.02 Å². The summed E-state index contributed by atoms with van der Waals surface area (Å²) in [6, 6.07) is 4.82. The van der Waals surface area contributed by atoms with Gasteiger partial charge in [0.25, 0.3) is 18.1 Å². The second-order valence-corrected chi connectivity index (χ2v) is 8.79. The molecular weight excluding hydrogens is 493 g/mol. The predicted molar refractivity (Wildman–Crippen MR) is 131 cm³/mol. The first kappa shape index (κ1) is 23.8. The molecule has 1 aromatic carbocycles. The van der Waals surface area contributed by atoms with Gasteiger partial charge in [0.05, 0.1) is 31.3 Å². The van der Waals surface area contributed by atoms with E-state index in [1.165, 1.54) is 29.1 Å². The lowest BCUT2D eigenvalue weighted by Crippen LogP contribution is -2.34. The molecule has 188 valence electrons. The molecule has 0 aliphatic carbocycles. The molecule has 2 aliphatic rings. The highest BCUT2D eigenvalue weighted by Gasteiger charge is 2.33. The zero-order valence-electron chi connectivity index (χ0n) is 19.2. The summed E-state index contributed by atoms with van der Waals surface area (Å²) < 4.78 is 23.1. The molecule has 2 atom stereocenters. The summed E-state index contributed by atoms with van der Waals surface area (Å²) >= 11 is 6.20. The van der Waals surface area contributed by atoms with Crippen LogP contribution in [0.5, 0.6) is 5.75 Å². The van der Waals surface area contributed by atoms with Crippen LogP contribution in [-0.4, -0.2) is 74.2 Å². The number of halogens is 2. The van der Waals surface area contributed by atoms with Crippen LogP contribution in [0.1, 0.15) is 23.1 Å². The largest absolute Gasteiger partial charge is 0.496 e. The summed E-state index contributed by atoms with van der Waals surface area (Å²) in [6.07, 6.45) is 3.77. The maximum atomic E-state index is 15.3. The lowest BCUT2D eigenvalue weighted by molar-refractivity contribution is -0.139. The van der Waals surface area contributed by atoms with E-state index in [9.17, 15) is 14.7 Å². The fraction of sp³-hybridized carbons (Fsp3) is 0.304. The number of aliphatic hydroxyl groups is 1. The highest BCUT2D eigenvalue weighted by molar-refractivity contribution is 6.31. The van der Waals surface area contributed by atoms with Crippen molar-refractivity contribution in [2.45, 2.75) is 18.8 Å². The molecule has 2 amide bonds. The molecule has 0 bridgehead atoms. The first-order valence-electron chi connectivity index (χ1n) is 11.2. The van der Waals surface area contributed by atoms with Crippen LogP contribution in [0.4, 0.5) is 15.9 Å². The van der Waals surface area contributed by atoms with Gasteiger partial charge in [0.15, 0.2) is 0 Å². The Hall–Kier alpha value is -3.90. The summed E-state index contributed by atoms with van der Waals surface area (Å²) in [5, 5.41) is 24.4. The number of benzene rings is 1. The molecule has 4 heterocycles. The number of carbonyl (C=O) groups excluding carboxylic acids is 2. The Kier molecular flexibility index (Phi) is 6.37. The summed E-state index contributed by atoms with van der Waals surface area (Å²) in [5.41, 5.74) is 0.973. The van der Waals surface area contributed by atoms with E-state index >= 15 is 4.39 Å². The van der Waals surface area contributed by atoms with Crippen LogP contribution in [0.25, 0.3) is 17.5 Å². The van der Waals surface area contributed by atoms with Crippen molar-refractivity contribution >= 4 is 41.1 Å². The Morgan fingerprint density at radius 3 is 2.97 bits per heavy atom. The molecule has 11 nitrogen and oxygen atoms in total. The highest BCUT2D eigenvalue weighted by atomic mass is 35.5. The minimum atomic E-state index is -2.17. The molecule has 0 saturated carbocycles. The maximum Gasteiger partial charge on any atom is 0.280 e. The van der Waals surface area contributed by atoms with Crippen molar-refractivity contribution in [2.24, 2.45) is 0 Å². The number of aliphatic hydroxyl groups excluding tert-OH is 1. The maximum absolute atomic E-state index is 15.3. The molecule has 1 fully saturated rings. The Morgan fingerprint density at radius 2 is 2.22 bits per heavy atom. The van der Waals surface area contributed by atoms with Crippen molar-refractivity contribution in [3.8, 4) is 17.0 Å². The average Bonchev–Trinajstić information content (AvgIpc) is 3.61. The number of aromatic nitrogens is 4. The van der Waals surface area contributed by atoms with Crippen LogP contribution >= 0.6 is 11.6 Å². The number of nitrogens with one attached hydrogen (secondary N) is 2. The van der Waals surface area contributed by atoms with Gasteiger partial charge in [-0.3, -0.25) is 9.59 Å². The Morgan fingerprint density at radius 1 is 1.39 bits per heavy atom. The van der Waals surface area contributed by atoms with E-state index in [2.05, 4.69) is 20.8 Å². The number of likely N-dealkylation sites (tertiary alicyclic amines) is 1. The number of nitrogens with zero attached hydrogens (tertiary/aromatic N) is 5. The van der Waals surface area contributed by atoms with Crippen molar-refractivity contribution in [3.05, 3.63) is 47.3 Å². The normalized spacial score (nSPS) is 17.4. The number of methoxy groups -OCH3 is 1. The van der Waals surface area contributed by atoms with E-state index in [1.807, 2.05) is 6.08 Å². The zero-order valence-corrected chi connectivity index (χ0v) is 19.9. The van der Waals surface area contributed by atoms with Crippen molar-refractivity contribution in [2.75, 3.05) is 37.4 Å². The first-order chi connectivity index (χ1) is 17.4. The van der Waals surface area contributed by atoms with Crippen molar-refractivity contribution < 1.29 is 23.8 Å². The average molecular weight is 516 g/mol. The second kappa shape index (κ2) is 9.63. The minimum absolute atomic E-state index is 0.0489. The van der Waals surface area contributed by atoms with Gasteiger partial charge in [-0.1, -0.05) is 11.6 Å². The predicted octanol–water partition coefficient (Wildman–Crippen LogP) is 2.62. The topological polar surface area (TPSA) is 127 Å². The number of amides is 2. The third-order valence-corrected chi connectivity index (χ3v) is 6.22. The zero-order chi connectivity index (χ0) is 25.4. The third-order valence-electron chi connectivity index (χ3n) is 5.98. The first-order valence-corrected chi connectivity index (χ1v) is 11.6. The van der Waals surface area contributed by atoms with E-state index < -0.39 is 24.2 Å². The molecule has 0 radical (unpaired) electrons. The summed E-state index contributed by atoms with van der Waals surface area (Å²) in [7, 11) is 1.46. The smallest absolute Gasteiger partial charge is 0.280 e. The molecule has 13 heteroatoms. The van der Waals surface area contributed by atoms with E-state index in [4.69, 9.17) is 16.3 Å². The number of alkyl halides is 1. The van der Waals surface area contributed by atoms with Crippen LogP contribution in [0, 0.1) is 0 Å². The van der Waals surface area contributed by atoms with Gasteiger partial charge in [-0.15, -0.1) is 0 Å². The molecule has 3 aromatic rings. The van der Waals surface area contributed by atoms with Gasteiger partial charge in [-0.25, -0.2) is 13.8 Å². The molecule has 1 unspecified atom stereocenters. The fourth-order valence-electron chi connectivity index (χ4n) is 4.18. The van der Waals surface area contributed by atoms with Crippen LogP contribution in [0.15, 0.2) is 36.7 Å². The monoisotopic (exact) mass is 515 g/mol. The van der Waals surface area contributed by atoms with Crippen LogP contribution < -0.4 is 15.4 Å². The van der Waals surface area contributed by atoms with Crippen molar-refractivity contribution in [1.82, 2.24) is 24.5 Å². The molecule has 0 spiro atoms. The highest BCUT2D eigenvalue weighted by Crippen LogP contribution is 2.37. The number of rotatable bonds is 6. The number of anilines is 2. The van der Waals surface area contributed by atoms with Gasteiger partial charge < -0.3 is 25.4 Å². The molecule has 2 aliphatic heterocycles. The molecular formula is C23H23ClFN7O4. The number of carbonyl (C=O) groups is 2. The fourth-order valence-corrected chi connectivity index (χ4v) is 4.36. The SMILES string of the molecule is COc1ccc(Cl)cc1-c1nn(C(F)C(=O)N2CC[C@@H](O)C2)cc1NC(=O)c1cnn2c1NCC=C2. The second-order valence-electron chi connectivity index (χ2n) is 8.35. The summed E-state index contributed by atoms with van der Waals surface area (Å²) in [5.74, 6) is -0.446. The minimum Gasteiger partial charge on any atom is -0.496 e. The van der Waals surface area contributed by atoms with E-state index in [0.717, 1.165) is 4.68 Å². The van der Waals surface area contributed by atoms with Crippen LogP contribution in [0.3, 0.4) is 0 Å². The lowest BCUT2D eigenvalue weighted by atomic mass is 10.1. The Bertz CT molecular complexity index is 1350. The summed E-state index contributed by atoms with van der Waals surface area (Å²) in [6.45, 7) is 0.827. The van der Waals surface area contributed by atoms with Gasteiger partial charge in [0.1, 0.15) is 22.8 Å². The van der Waals surface area contributed by atoms with Gasteiger partial charge in [0.2, 0.25) is 0 Å². The van der Waals surface area contributed by atoms with E-state index in [1.54, 1.807) is 24.4 Å².